The fourth-order valence-electron chi connectivity index (χ4n) is 7.86. The van der Waals surface area contributed by atoms with E-state index in [1.54, 1.807) is 69.1 Å². The van der Waals surface area contributed by atoms with Crippen LogP contribution in [0.1, 0.15) is 109 Å². The van der Waals surface area contributed by atoms with Gasteiger partial charge < -0.3 is 25.6 Å². The largest absolute Gasteiger partial charge is 0.496 e. The van der Waals surface area contributed by atoms with Gasteiger partial charge in [-0.15, -0.1) is 0 Å². The molecule has 0 aliphatic heterocycles. The van der Waals surface area contributed by atoms with Crippen LogP contribution in [0.4, 0.5) is 11.4 Å². The zero-order valence-electron chi connectivity index (χ0n) is 42.7. The fraction of sp³-hybridized carbons (Fsp3) is 0.370. The highest BCUT2D eigenvalue weighted by atomic mass is 35.5. The first-order valence-electron chi connectivity index (χ1n) is 22.9. The Labute approximate surface area is 425 Å². The second-order valence-corrected chi connectivity index (χ2v) is 20.0. The molecule has 17 heteroatoms. The Morgan fingerprint density at radius 1 is 0.634 bits per heavy atom. The van der Waals surface area contributed by atoms with Gasteiger partial charge in [0.15, 0.2) is 11.6 Å². The second kappa shape index (κ2) is 24.3. The van der Waals surface area contributed by atoms with Gasteiger partial charge in [0.1, 0.15) is 22.9 Å². The zero-order valence-corrected chi connectivity index (χ0v) is 44.2. The topological polar surface area (TPSA) is 199 Å². The van der Waals surface area contributed by atoms with Gasteiger partial charge in [0, 0.05) is 43.4 Å². The third kappa shape index (κ3) is 15.1. The molecule has 0 aliphatic carbocycles. The maximum Gasteiger partial charge on any atom is 0.303 e. The lowest BCUT2D eigenvalue weighted by atomic mass is 9.82. The van der Waals surface area contributed by atoms with Gasteiger partial charge in [-0.25, -0.2) is 9.36 Å². The number of aliphatic carboxylic acids is 1. The number of carboxylic acid groups (broad SMARTS) is 1. The number of benzene rings is 4. The van der Waals surface area contributed by atoms with Crippen LogP contribution < -0.4 is 31.6 Å². The first-order chi connectivity index (χ1) is 33.2. The van der Waals surface area contributed by atoms with Crippen molar-refractivity contribution in [3.63, 3.8) is 0 Å². The quantitative estimate of drug-likeness (QED) is 0.0739. The molecule has 0 spiro atoms. The van der Waals surface area contributed by atoms with E-state index in [9.17, 15) is 28.8 Å². The van der Waals surface area contributed by atoms with Gasteiger partial charge in [-0.05, 0) is 123 Å². The Kier molecular flexibility index (Phi) is 19.4. The molecular formula is C54H66Cl2N6O9. The van der Waals surface area contributed by atoms with E-state index in [1.807, 2.05) is 104 Å². The van der Waals surface area contributed by atoms with E-state index < -0.39 is 16.8 Å². The van der Waals surface area contributed by atoms with Gasteiger partial charge in [-0.1, -0.05) is 75.2 Å². The van der Waals surface area contributed by atoms with Gasteiger partial charge in [0.25, 0.3) is 11.1 Å². The normalized spacial score (nSPS) is 11.2. The molecule has 380 valence electrons. The summed E-state index contributed by atoms with van der Waals surface area (Å²) < 4.78 is 17.0. The molecule has 2 aromatic heterocycles. The van der Waals surface area contributed by atoms with E-state index in [2.05, 4.69) is 5.32 Å². The summed E-state index contributed by atoms with van der Waals surface area (Å²) >= 11 is 11.9. The minimum Gasteiger partial charge on any atom is -0.496 e. The summed E-state index contributed by atoms with van der Waals surface area (Å²) in [4.78, 5) is 73.8. The standard InChI is InChI=1S/C27H32ClN3O4.C15H19ClO4.C12H15N3O/c1-17-8-7-9-20(14-17)31-26(34)25(18(2)30(31)5)29-24(33)16-27(3,4)13-12-22(32)21-15-19(28)10-11-23(21)35-6;1-15(2,9-14(18)19)7-6-12(17)11-8-10(16)4-5-13(11)20-3;1-8-5-4-6-10(7-8)15-12(16)11(13)9(2)14(15)3/h7-11,14-15H,12-13,16H2,1-6H3,(H,29,33);4-5,8H,6-7,9H2,1-3H3,(H,18,19);4-7H,13H2,1-3H3. The molecule has 71 heavy (non-hydrogen) atoms. The van der Waals surface area contributed by atoms with Gasteiger partial charge >= 0.3 is 5.97 Å². The third-order valence-electron chi connectivity index (χ3n) is 12.2. The monoisotopic (exact) mass is 1010 g/mol. The fourth-order valence-corrected chi connectivity index (χ4v) is 8.20. The summed E-state index contributed by atoms with van der Waals surface area (Å²) in [6.45, 7) is 15.1. The first kappa shape index (κ1) is 56.7. The number of hydrogen-bond acceptors (Lipinski definition) is 9. The molecule has 0 bridgehead atoms. The molecule has 0 atom stereocenters. The molecule has 6 rings (SSSR count). The number of aryl methyl sites for hydroxylation is 2. The maximum absolute atomic E-state index is 13.1. The van der Waals surface area contributed by atoms with Crippen molar-refractivity contribution in [2.24, 2.45) is 24.9 Å². The van der Waals surface area contributed by atoms with Crippen LogP contribution in [0.5, 0.6) is 11.5 Å². The molecular weight excluding hydrogens is 948 g/mol. The summed E-state index contributed by atoms with van der Waals surface area (Å²) in [5.41, 5.74) is 11.0. The highest BCUT2D eigenvalue weighted by Gasteiger charge is 2.27. The predicted molar refractivity (Wildman–Crippen MR) is 282 cm³/mol. The van der Waals surface area contributed by atoms with Crippen molar-refractivity contribution in [1.29, 1.82) is 0 Å². The number of Topliss-reactive ketones (excluding diaryl/α,β-unsaturated/α-hetero) is 2. The number of halogens is 2. The molecule has 4 N–H and O–H groups in total. The van der Waals surface area contributed by atoms with E-state index in [0.29, 0.717) is 56.9 Å². The van der Waals surface area contributed by atoms with E-state index in [-0.39, 0.29) is 60.0 Å². The van der Waals surface area contributed by atoms with Crippen molar-refractivity contribution in [2.45, 2.75) is 93.9 Å². The Balaban J connectivity index is 0.000000256. The highest BCUT2D eigenvalue weighted by Crippen LogP contribution is 2.32. The molecule has 0 saturated heterocycles. The number of nitrogens with zero attached hydrogens (tertiary/aromatic N) is 4. The van der Waals surface area contributed by atoms with E-state index in [4.69, 9.17) is 43.5 Å². The summed E-state index contributed by atoms with van der Waals surface area (Å²) in [5.74, 6) is -0.372. The summed E-state index contributed by atoms with van der Waals surface area (Å²) in [7, 11) is 6.62. The van der Waals surface area contributed by atoms with Gasteiger partial charge in [0.2, 0.25) is 5.91 Å². The van der Waals surface area contributed by atoms with Crippen LogP contribution in [0.25, 0.3) is 11.4 Å². The van der Waals surface area contributed by atoms with Crippen LogP contribution in [-0.4, -0.2) is 61.5 Å². The Morgan fingerprint density at radius 2 is 1.06 bits per heavy atom. The van der Waals surface area contributed by atoms with Crippen LogP contribution in [0.2, 0.25) is 10.0 Å². The molecule has 0 radical (unpaired) electrons. The SMILES string of the molecule is COc1ccc(Cl)cc1C(=O)CCC(C)(C)CC(=O)Nc1c(C)n(C)n(-c2cccc(C)c2)c1=O.COc1ccc(Cl)cc1C(=O)CCC(C)(C)CC(=O)O.Cc1cccc(-n2c(=O)c(N)c(C)n2C)c1. The molecule has 0 fully saturated rings. The summed E-state index contributed by atoms with van der Waals surface area (Å²) in [6.07, 6.45) is 1.67. The zero-order chi connectivity index (χ0) is 53.1. The molecule has 1 amide bonds. The average Bonchev–Trinajstić information content (AvgIpc) is 3.63. The number of rotatable bonds is 17. The number of nitrogens with one attached hydrogen (secondary N) is 1. The van der Waals surface area contributed by atoms with E-state index in [0.717, 1.165) is 28.2 Å². The smallest absolute Gasteiger partial charge is 0.303 e. The lowest BCUT2D eigenvalue weighted by Crippen LogP contribution is -2.26. The lowest BCUT2D eigenvalue weighted by molar-refractivity contribution is -0.139. The number of nitrogens with two attached hydrogens (primary N) is 1. The van der Waals surface area contributed by atoms with Crippen molar-refractivity contribution in [2.75, 3.05) is 25.3 Å². The molecule has 0 unspecified atom stereocenters. The molecule has 15 nitrogen and oxygen atoms in total. The van der Waals surface area contributed by atoms with Crippen LogP contribution in [0, 0.1) is 38.5 Å². The van der Waals surface area contributed by atoms with Crippen LogP contribution >= 0.6 is 23.2 Å². The number of carbonyl (C=O) groups is 4. The van der Waals surface area contributed by atoms with Gasteiger partial charge in [-0.2, -0.15) is 0 Å². The van der Waals surface area contributed by atoms with Gasteiger partial charge in [-0.3, -0.25) is 38.1 Å². The van der Waals surface area contributed by atoms with Crippen molar-refractivity contribution < 1.29 is 33.8 Å². The van der Waals surface area contributed by atoms with E-state index >= 15 is 0 Å². The van der Waals surface area contributed by atoms with Crippen molar-refractivity contribution in [3.8, 4) is 22.9 Å². The lowest BCUT2D eigenvalue weighted by Gasteiger charge is -2.23. The number of nitrogen functional groups attached to an aromatic ring is 1. The Morgan fingerprint density at radius 3 is 1.45 bits per heavy atom. The minimum absolute atomic E-state index is 0.0347. The Bertz CT molecular complexity index is 3030. The van der Waals surface area contributed by atoms with Crippen molar-refractivity contribution in [1.82, 2.24) is 18.7 Å². The molecule has 6 aromatic rings. The van der Waals surface area contributed by atoms with E-state index in [1.165, 1.54) is 14.2 Å². The number of hydrogen-bond donors (Lipinski definition) is 3. The summed E-state index contributed by atoms with van der Waals surface area (Å²) in [5, 5.41) is 12.6. The maximum atomic E-state index is 13.1. The van der Waals surface area contributed by atoms with Crippen LogP contribution in [-0.2, 0) is 23.7 Å². The van der Waals surface area contributed by atoms with Crippen molar-refractivity contribution in [3.05, 3.63) is 149 Å². The van der Waals surface area contributed by atoms with Gasteiger partial charge in [0.05, 0.1) is 54.5 Å². The third-order valence-corrected chi connectivity index (χ3v) is 12.6. The van der Waals surface area contributed by atoms with Crippen LogP contribution in [0.3, 0.4) is 0 Å². The van der Waals surface area contributed by atoms with Crippen molar-refractivity contribution >= 4 is 58.0 Å². The number of aromatic nitrogens is 4. The molecule has 0 aliphatic rings. The van der Waals surface area contributed by atoms with Crippen LogP contribution in [0.15, 0.2) is 94.5 Å². The summed E-state index contributed by atoms with van der Waals surface area (Å²) in [6, 6.07) is 25.2. The average molecular weight is 1010 g/mol. The Hall–Kier alpha value is -6.84. The first-order valence-corrected chi connectivity index (χ1v) is 23.7. The second-order valence-electron chi connectivity index (χ2n) is 19.1. The predicted octanol–water partition coefficient (Wildman–Crippen LogP) is 10.7. The molecule has 2 heterocycles. The number of ether oxygens (including phenoxy) is 2. The molecule has 0 saturated carbocycles. The number of ketones is 2. The highest BCUT2D eigenvalue weighted by molar-refractivity contribution is 6.31. The number of amides is 1. The minimum atomic E-state index is -0.859. The number of anilines is 2. The molecule has 4 aromatic carbocycles. The number of methoxy groups -OCH3 is 2. The number of carboxylic acids is 1. The number of carbonyl (C=O) groups excluding carboxylic acids is 3.